The van der Waals surface area contributed by atoms with Crippen LogP contribution in [-0.2, 0) is 17.6 Å². The molecule has 0 radical (unpaired) electrons. The van der Waals surface area contributed by atoms with Gasteiger partial charge in [-0.25, -0.2) is 0 Å². The Labute approximate surface area is 173 Å². The fourth-order valence-corrected chi connectivity index (χ4v) is 3.42. The van der Waals surface area contributed by atoms with Crippen molar-refractivity contribution in [2.45, 2.75) is 24.7 Å². The third-order valence-corrected chi connectivity index (χ3v) is 5.01. The number of aromatic nitrogens is 2. The maximum atomic E-state index is 12.3. The first-order valence-electron chi connectivity index (χ1n) is 9.16. The Morgan fingerprint density at radius 1 is 1.03 bits per heavy atom. The Morgan fingerprint density at radius 3 is 2.45 bits per heavy atom. The zero-order valence-corrected chi connectivity index (χ0v) is 17.4. The van der Waals surface area contributed by atoms with Crippen LogP contribution in [-0.4, -0.2) is 36.1 Å². The molecule has 0 saturated carbocycles. The number of nitrogens with zero attached hydrogens (tertiary/aromatic N) is 2. The number of amides is 1. The molecule has 0 saturated heterocycles. The van der Waals surface area contributed by atoms with Crippen LogP contribution in [0, 0.1) is 0 Å². The summed E-state index contributed by atoms with van der Waals surface area (Å²) >= 11 is 1.79. The van der Waals surface area contributed by atoms with Crippen molar-refractivity contribution in [3.63, 3.8) is 0 Å². The molecule has 29 heavy (non-hydrogen) atoms. The third kappa shape index (κ3) is 5.74. The van der Waals surface area contributed by atoms with E-state index in [9.17, 15) is 4.79 Å². The molecular weight excluding hydrogens is 390 g/mol. The van der Waals surface area contributed by atoms with Gasteiger partial charge in [0.2, 0.25) is 11.8 Å². The van der Waals surface area contributed by atoms with Crippen molar-refractivity contribution in [1.82, 2.24) is 10.2 Å². The summed E-state index contributed by atoms with van der Waals surface area (Å²) in [5.74, 6) is 2.41. The first-order valence-corrected chi connectivity index (χ1v) is 10.1. The molecule has 0 bridgehead atoms. The van der Waals surface area contributed by atoms with Gasteiger partial charge in [0.05, 0.1) is 27.1 Å². The van der Waals surface area contributed by atoms with Crippen molar-refractivity contribution < 1.29 is 18.7 Å². The topological polar surface area (TPSA) is 86.5 Å². The molecule has 2 aromatic carbocycles. The van der Waals surface area contributed by atoms with Gasteiger partial charge in [-0.15, -0.1) is 16.9 Å². The number of nitrogens with one attached hydrogen (secondary N) is 1. The van der Waals surface area contributed by atoms with Crippen LogP contribution in [0.4, 0.5) is 6.01 Å². The van der Waals surface area contributed by atoms with Crippen LogP contribution < -0.4 is 14.8 Å². The SMILES string of the molecule is CCSc1ccc(Cc2nnc(NC(=O)Cc3ccc(OC)c(OC)c3)o2)cc1. The number of thioether (sulfide) groups is 1. The maximum Gasteiger partial charge on any atom is 0.322 e. The lowest BCUT2D eigenvalue weighted by Crippen LogP contribution is -2.14. The molecular formula is C21H23N3O4S. The van der Waals surface area contributed by atoms with Crippen LogP contribution in [0.2, 0.25) is 0 Å². The van der Waals surface area contributed by atoms with E-state index in [0.717, 1.165) is 16.9 Å². The van der Waals surface area contributed by atoms with Crippen LogP contribution in [0.25, 0.3) is 0 Å². The molecule has 3 aromatic rings. The van der Waals surface area contributed by atoms with E-state index >= 15 is 0 Å². The van der Waals surface area contributed by atoms with Crippen molar-refractivity contribution in [2.75, 3.05) is 25.3 Å². The second kappa shape index (κ2) is 9.97. The summed E-state index contributed by atoms with van der Waals surface area (Å²) in [4.78, 5) is 13.5. The molecule has 0 spiro atoms. The van der Waals surface area contributed by atoms with E-state index in [1.54, 1.807) is 44.2 Å². The Hall–Kier alpha value is -3.00. The smallest absolute Gasteiger partial charge is 0.322 e. The van der Waals surface area contributed by atoms with E-state index in [4.69, 9.17) is 13.9 Å². The molecule has 7 nitrogen and oxygen atoms in total. The summed E-state index contributed by atoms with van der Waals surface area (Å²) in [6.07, 6.45) is 0.657. The lowest BCUT2D eigenvalue weighted by atomic mass is 10.1. The minimum Gasteiger partial charge on any atom is -0.493 e. The minimum atomic E-state index is -0.256. The second-order valence-electron chi connectivity index (χ2n) is 6.17. The van der Waals surface area contributed by atoms with Gasteiger partial charge in [-0.3, -0.25) is 10.1 Å². The van der Waals surface area contributed by atoms with Crippen LogP contribution in [0.5, 0.6) is 11.5 Å². The van der Waals surface area contributed by atoms with Gasteiger partial charge in [-0.05, 0) is 41.1 Å². The zero-order chi connectivity index (χ0) is 20.6. The average Bonchev–Trinajstić information content (AvgIpc) is 3.16. The van der Waals surface area contributed by atoms with Gasteiger partial charge in [0.1, 0.15) is 0 Å². The number of hydrogen-bond donors (Lipinski definition) is 1. The number of benzene rings is 2. The summed E-state index contributed by atoms with van der Waals surface area (Å²) in [6.45, 7) is 2.12. The number of carbonyl (C=O) groups is 1. The maximum absolute atomic E-state index is 12.3. The van der Waals surface area contributed by atoms with Gasteiger partial charge in [-0.1, -0.05) is 30.2 Å². The van der Waals surface area contributed by atoms with E-state index in [0.29, 0.717) is 23.8 Å². The van der Waals surface area contributed by atoms with Crippen molar-refractivity contribution in [3.8, 4) is 11.5 Å². The normalized spacial score (nSPS) is 10.6. The Bertz CT molecular complexity index is 957. The number of hydrogen-bond acceptors (Lipinski definition) is 7. The van der Waals surface area contributed by atoms with Crippen LogP contribution in [0.3, 0.4) is 0 Å². The highest BCUT2D eigenvalue weighted by Gasteiger charge is 2.13. The second-order valence-corrected chi connectivity index (χ2v) is 7.51. The fourth-order valence-electron chi connectivity index (χ4n) is 2.76. The molecule has 1 N–H and O–H groups in total. The molecule has 152 valence electrons. The van der Waals surface area contributed by atoms with Crippen LogP contribution >= 0.6 is 11.8 Å². The molecule has 0 aliphatic heterocycles. The molecule has 1 aromatic heterocycles. The number of ether oxygens (including phenoxy) is 2. The van der Waals surface area contributed by atoms with Gasteiger partial charge in [-0.2, -0.15) is 0 Å². The predicted molar refractivity (Wildman–Crippen MR) is 112 cm³/mol. The van der Waals surface area contributed by atoms with Gasteiger partial charge >= 0.3 is 6.01 Å². The van der Waals surface area contributed by atoms with Crippen LogP contribution in [0.1, 0.15) is 23.9 Å². The van der Waals surface area contributed by atoms with Crippen molar-refractivity contribution >= 4 is 23.7 Å². The lowest BCUT2D eigenvalue weighted by molar-refractivity contribution is -0.115. The van der Waals surface area contributed by atoms with E-state index in [2.05, 4.69) is 34.6 Å². The summed E-state index contributed by atoms with van der Waals surface area (Å²) in [6, 6.07) is 13.6. The van der Waals surface area contributed by atoms with Crippen LogP contribution in [0.15, 0.2) is 51.8 Å². The number of methoxy groups -OCH3 is 2. The summed E-state index contributed by atoms with van der Waals surface area (Å²) in [7, 11) is 3.12. The predicted octanol–water partition coefficient (Wildman–Crippen LogP) is 3.97. The molecule has 1 amide bonds. The lowest BCUT2D eigenvalue weighted by Gasteiger charge is -2.09. The van der Waals surface area contributed by atoms with Gasteiger partial charge in [0, 0.05) is 4.90 Å². The van der Waals surface area contributed by atoms with Gasteiger partial charge < -0.3 is 13.9 Å². The Morgan fingerprint density at radius 2 is 1.76 bits per heavy atom. The highest BCUT2D eigenvalue weighted by atomic mass is 32.2. The summed E-state index contributed by atoms with van der Waals surface area (Å²) in [5, 5.41) is 10.5. The average molecular weight is 413 g/mol. The highest BCUT2D eigenvalue weighted by Crippen LogP contribution is 2.27. The van der Waals surface area contributed by atoms with E-state index in [-0.39, 0.29) is 18.3 Å². The Balaban J connectivity index is 1.57. The first kappa shape index (κ1) is 20.7. The minimum absolute atomic E-state index is 0.0867. The number of rotatable bonds is 9. The standard InChI is InChI=1S/C21H23N3O4S/c1-4-29-16-8-5-14(6-9-16)13-20-23-24-21(28-20)22-19(25)12-15-7-10-17(26-2)18(11-15)27-3/h5-11H,4,12-13H2,1-3H3,(H,22,24,25). The summed E-state index contributed by atoms with van der Waals surface area (Å²) in [5.41, 5.74) is 1.85. The quantitative estimate of drug-likeness (QED) is 0.531. The molecule has 0 aliphatic carbocycles. The number of anilines is 1. The number of carbonyl (C=O) groups excluding carboxylic acids is 1. The van der Waals surface area contributed by atoms with Crippen molar-refractivity contribution in [3.05, 3.63) is 59.5 Å². The van der Waals surface area contributed by atoms with E-state index in [1.165, 1.54) is 4.90 Å². The third-order valence-electron chi connectivity index (χ3n) is 4.12. The summed E-state index contributed by atoms with van der Waals surface area (Å²) < 4.78 is 16.0. The van der Waals surface area contributed by atoms with E-state index in [1.807, 2.05) is 12.1 Å². The first-order chi connectivity index (χ1) is 14.1. The molecule has 0 atom stereocenters. The Kier molecular flexibility index (Phi) is 7.13. The van der Waals surface area contributed by atoms with Crippen molar-refractivity contribution in [1.29, 1.82) is 0 Å². The largest absolute Gasteiger partial charge is 0.493 e. The van der Waals surface area contributed by atoms with Crippen molar-refractivity contribution in [2.24, 2.45) is 0 Å². The fraction of sp³-hybridized carbons (Fsp3) is 0.286. The highest BCUT2D eigenvalue weighted by molar-refractivity contribution is 7.99. The monoisotopic (exact) mass is 413 g/mol. The zero-order valence-electron chi connectivity index (χ0n) is 16.6. The molecule has 8 heteroatoms. The molecule has 0 aliphatic rings. The molecule has 0 unspecified atom stereocenters. The van der Waals surface area contributed by atoms with Gasteiger partial charge in [0.15, 0.2) is 11.5 Å². The molecule has 0 fully saturated rings. The molecule has 3 rings (SSSR count). The molecule has 1 heterocycles. The van der Waals surface area contributed by atoms with Gasteiger partial charge in [0.25, 0.3) is 0 Å². The van der Waals surface area contributed by atoms with E-state index < -0.39 is 0 Å².